The highest BCUT2D eigenvalue weighted by atomic mass is 16.5. The first-order chi connectivity index (χ1) is 8.21. The maximum absolute atomic E-state index is 5.87. The second-order valence-corrected chi connectivity index (χ2v) is 3.77. The molecule has 0 saturated carbocycles. The van der Waals surface area contributed by atoms with Crippen molar-refractivity contribution in [2.45, 2.75) is 26.4 Å². The Balaban J connectivity index is 2.82. The molecule has 0 spiro atoms. The van der Waals surface area contributed by atoms with E-state index in [-0.39, 0.29) is 6.10 Å². The maximum atomic E-state index is 5.87. The molecular formula is C15H19NO. The van der Waals surface area contributed by atoms with Gasteiger partial charge in [0.25, 0.3) is 0 Å². The van der Waals surface area contributed by atoms with Crippen LogP contribution in [0.3, 0.4) is 0 Å². The first kappa shape index (κ1) is 13.2. The average Bonchev–Trinajstić information content (AvgIpc) is 2.36. The molecule has 1 aromatic rings. The van der Waals surface area contributed by atoms with E-state index < -0.39 is 0 Å². The van der Waals surface area contributed by atoms with Gasteiger partial charge in [0, 0.05) is 6.20 Å². The Morgan fingerprint density at radius 3 is 2.47 bits per heavy atom. The zero-order valence-corrected chi connectivity index (χ0v) is 10.5. The van der Waals surface area contributed by atoms with E-state index in [1.54, 1.807) is 6.08 Å². The molecule has 1 rings (SSSR count). The van der Waals surface area contributed by atoms with Crippen LogP contribution in [0.4, 0.5) is 0 Å². The van der Waals surface area contributed by atoms with E-state index in [2.05, 4.69) is 32.0 Å². The van der Waals surface area contributed by atoms with Crippen molar-refractivity contribution in [1.82, 2.24) is 0 Å². The summed E-state index contributed by atoms with van der Waals surface area (Å²) in [5.41, 5.74) is 2.03. The quantitative estimate of drug-likeness (QED) is 0.677. The molecule has 0 aromatic heterocycles. The lowest BCUT2D eigenvalue weighted by Gasteiger charge is -2.17. The Morgan fingerprint density at radius 2 is 2.00 bits per heavy atom. The van der Waals surface area contributed by atoms with Gasteiger partial charge in [-0.15, -0.1) is 0 Å². The predicted octanol–water partition coefficient (Wildman–Crippen LogP) is 3.92. The molecule has 0 aliphatic heterocycles. The molecule has 0 saturated heterocycles. The van der Waals surface area contributed by atoms with Crippen LogP contribution in [0.2, 0.25) is 0 Å². The Kier molecular flexibility index (Phi) is 5.21. The highest BCUT2D eigenvalue weighted by Gasteiger charge is 2.12. The monoisotopic (exact) mass is 229 g/mol. The molecule has 17 heavy (non-hydrogen) atoms. The van der Waals surface area contributed by atoms with Crippen LogP contribution in [-0.4, -0.2) is 11.8 Å². The number of nitrogens with zero attached hydrogens (tertiary/aromatic N) is 1. The molecule has 0 heterocycles. The Hall–Kier alpha value is -1.83. The minimum Gasteiger partial charge on any atom is -0.484 e. The average molecular weight is 229 g/mol. The van der Waals surface area contributed by atoms with Crippen molar-refractivity contribution in [1.29, 1.82) is 0 Å². The summed E-state index contributed by atoms with van der Waals surface area (Å²) in [6.07, 6.45) is 3.99. The summed E-state index contributed by atoms with van der Waals surface area (Å²) in [6, 6.07) is 7.99. The van der Waals surface area contributed by atoms with Crippen LogP contribution in [-0.2, 0) is 0 Å². The molecule has 0 bridgehead atoms. The number of rotatable bonds is 6. The van der Waals surface area contributed by atoms with E-state index >= 15 is 0 Å². The molecule has 0 aliphatic rings. The fraction of sp³-hybridized carbons (Fsp3) is 0.267. The van der Waals surface area contributed by atoms with Gasteiger partial charge < -0.3 is 4.74 Å². The van der Waals surface area contributed by atoms with Gasteiger partial charge in [0.05, 0.1) is 5.71 Å². The molecule has 1 unspecified atom stereocenters. The van der Waals surface area contributed by atoms with E-state index in [1.807, 2.05) is 24.3 Å². The number of aliphatic imine (C=N–C) groups is 1. The zero-order chi connectivity index (χ0) is 12.7. The normalized spacial score (nSPS) is 12.9. The molecule has 2 heteroatoms. The van der Waals surface area contributed by atoms with E-state index in [4.69, 9.17) is 4.74 Å². The summed E-state index contributed by atoms with van der Waals surface area (Å²) in [7, 11) is 0. The molecule has 0 radical (unpaired) electrons. The number of hydrogen-bond acceptors (Lipinski definition) is 2. The van der Waals surface area contributed by atoms with Crippen molar-refractivity contribution in [3.63, 3.8) is 0 Å². The second kappa shape index (κ2) is 6.69. The third kappa shape index (κ3) is 3.91. The van der Waals surface area contributed by atoms with Gasteiger partial charge in [-0.2, -0.15) is 0 Å². The molecule has 0 fully saturated rings. The third-order valence-corrected chi connectivity index (χ3v) is 2.45. The minimum absolute atomic E-state index is 0.0757. The van der Waals surface area contributed by atoms with Gasteiger partial charge in [0.2, 0.25) is 0 Å². The molecule has 0 N–H and O–H groups in total. The van der Waals surface area contributed by atoms with Crippen LogP contribution in [0.1, 0.15) is 18.9 Å². The molecule has 1 atom stereocenters. The summed E-state index contributed by atoms with van der Waals surface area (Å²) in [5, 5.41) is 0. The lowest BCUT2D eigenvalue weighted by molar-refractivity contribution is 0.263. The van der Waals surface area contributed by atoms with Crippen LogP contribution in [0.5, 0.6) is 5.75 Å². The van der Waals surface area contributed by atoms with Crippen LogP contribution >= 0.6 is 0 Å². The van der Waals surface area contributed by atoms with Crippen molar-refractivity contribution >= 4 is 5.71 Å². The predicted molar refractivity (Wildman–Crippen MR) is 73.7 cm³/mol. The molecule has 0 aliphatic carbocycles. The zero-order valence-electron chi connectivity index (χ0n) is 10.5. The van der Waals surface area contributed by atoms with Gasteiger partial charge in [-0.25, -0.2) is 0 Å². The van der Waals surface area contributed by atoms with Gasteiger partial charge >= 0.3 is 0 Å². The van der Waals surface area contributed by atoms with E-state index in [9.17, 15) is 0 Å². The summed E-state index contributed by atoms with van der Waals surface area (Å²) in [5.74, 6) is 0.848. The summed E-state index contributed by atoms with van der Waals surface area (Å²) in [6.45, 7) is 11.4. The Morgan fingerprint density at radius 1 is 1.35 bits per heavy atom. The smallest absolute Gasteiger partial charge is 0.140 e. The lowest BCUT2D eigenvalue weighted by Crippen LogP contribution is -2.24. The third-order valence-electron chi connectivity index (χ3n) is 2.45. The SMILES string of the molecule is C=CN=C(C=C)C(CC)Oc1ccc(C)cc1. The van der Waals surface area contributed by atoms with E-state index in [1.165, 1.54) is 11.8 Å². The van der Waals surface area contributed by atoms with Crippen molar-refractivity contribution in [2.24, 2.45) is 4.99 Å². The maximum Gasteiger partial charge on any atom is 0.140 e. The van der Waals surface area contributed by atoms with Crippen LogP contribution in [0.25, 0.3) is 0 Å². The Bertz CT molecular complexity index is 403. The van der Waals surface area contributed by atoms with Crippen molar-refractivity contribution < 1.29 is 4.74 Å². The van der Waals surface area contributed by atoms with Gasteiger partial charge in [0.1, 0.15) is 11.9 Å². The molecule has 0 amide bonds. The summed E-state index contributed by atoms with van der Waals surface area (Å²) >= 11 is 0. The lowest BCUT2D eigenvalue weighted by atomic mass is 10.1. The molecule has 1 aromatic carbocycles. The summed E-state index contributed by atoms with van der Waals surface area (Å²) in [4.78, 5) is 4.17. The first-order valence-electron chi connectivity index (χ1n) is 5.75. The number of benzene rings is 1. The van der Waals surface area contributed by atoms with Crippen LogP contribution in [0, 0.1) is 6.92 Å². The number of aryl methyl sites for hydroxylation is 1. The standard InChI is InChI=1S/C15H19NO/c1-5-14(16-7-3)15(6-2)17-13-10-8-12(4)9-11-13/h5,7-11,15H,1,3,6H2,2,4H3. The topological polar surface area (TPSA) is 21.6 Å². The fourth-order valence-corrected chi connectivity index (χ4v) is 1.51. The molecule has 90 valence electrons. The highest BCUT2D eigenvalue weighted by molar-refractivity contribution is 5.98. The van der Waals surface area contributed by atoms with Crippen molar-refractivity contribution in [3.8, 4) is 5.75 Å². The first-order valence-corrected chi connectivity index (χ1v) is 5.75. The largest absolute Gasteiger partial charge is 0.484 e. The van der Waals surface area contributed by atoms with Gasteiger partial charge in [-0.3, -0.25) is 4.99 Å². The second-order valence-electron chi connectivity index (χ2n) is 3.77. The highest BCUT2D eigenvalue weighted by Crippen LogP contribution is 2.15. The van der Waals surface area contributed by atoms with Gasteiger partial charge in [0.15, 0.2) is 0 Å². The molecular weight excluding hydrogens is 210 g/mol. The van der Waals surface area contributed by atoms with E-state index in [0.717, 1.165) is 17.9 Å². The minimum atomic E-state index is -0.0757. The van der Waals surface area contributed by atoms with Gasteiger partial charge in [-0.1, -0.05) is 37.8 Å². The summed E-state index contributed by atoms with van der Waals surface area (Å²) < 4.78 is 5.87. The van der Waals surface area contributed by atoms with Crippen LogP contribution in [0.15, 0.2) is 54.7 Å². The van der Waals surface area contributed by atoms with E-state index in [0.29, 0.717) is 0 Å². The molecule has 2 nitrogen and oxygen atoms in total. The van der Waals surface area contributed by atoms with Crippen molar-refractivity contribution in [3.05, 3.63) is 55.3 Å². The van der Waals surface area contributed by atoms with Crippen molar-refractivity contribution in [2.75, 3.05) is 0 Å². The number of ether oxygens (including phenoxy) is 1. The van der Waals surface area contributed by atoms with Gasteiger partial charge in [-0.05, 0) is 31.6 Å². The van der Waals surface area contributed by atoms with Crippen LogP contribution < -0.4 is 4.74 Å². The number of hydrogen-bond donors (Lipinski definition) is 0. The Labute approximate surface area is 103 Å². The fourth-order valence-electron chi connectivity index (χ4n) is 1.51.